The molecule has 0 aliphatic rings. The monoisotopic (exact) mass is 167 g/mol. The molecule has 12 heavy (non-hydrogen) atoms. The molecule has 1 nitrogen and oxygen atoms in total. The van der Waals surface area contributed by atoms with E-state index in [4.69, 9.17) is 0 Å². The van der Waals surface area contributed by atoms with Gasteiger partial charge in [0.15, 0.2) is 0 Å². The van der Waals surface area contributed by atoms with Crippen molar-refractivity contribution in [2.45, 2.75) is 33.6 Å². The summed E-state index contributed by atoms with van der Waals surface area (Å²) in [4.78, 5) is 0. The summed E-state index contributed by atoms with van der Waals surface area (Å²) in [5.41, 5.74) is 1.35. The van der Waals surface area contributed by atoms with Gasteiger partial charge in [-0.05, 0) is 31.8 Å². The summed E-state index contributed by atoms with van der Waals surface area (Å²) in [7, 11) is 1.99. The molecule has 0 aromatic carbocycles. The Hall–Kier alpha value is -0.720. The molecule has 0 spiro atoms. The second-order valence-corrected chi connectivity index (χ2v) is 2.91. The van der Waals surface area contributed by atoms with E-state index in [2.05, 4.69) is 37.4 Å². The van der Waals surface area contributed by atoms with Crippen LogP contribution in [0.15, 0.2) is 23.9 Å². The third-order valence-corrected chi connectivity index (χ3v) is 2.18. The van der Waals surface area contributed by atoms with Crippen molar-refractivity contribution in [3.63, 3.8) is 0 Å². The van der Waals surface area contributed by atoms with Crippen molar-refractivity contribution in [3.8, 4) is 0 Å². The maximum atomic E-state index is 3.25. The van der Waals surface area contributed by atoms with E-state index in [0.29, 0.717) is 5.92 Å². The van der Waals surface area contributed by atoms with Crippen LogP contribution >= 0.6 is 0 Å². The first kappa shape index (κ1) is 11.3. The minimum Gasteiger partial charge on any atom is -0.391 e. The predicted octanol–water partition coefficient (Wildman–Crippen LogP) is 3.10. The molecule has 1 heteroatoms. The quantitative estimate of drug-likeness (QED) is 0.620. The maximum Gasteiger partial charge on any atom is 0.0135 e. The van der Waals surface area contributed by atoms with E-state index in [1.54, 1.807) is 0 Å². The van der Waals surface area contributed by atoms with Crippen LogP contribution in [0.4, 0.5) is 0 Å². The standard InChI is InChI=1S/C11H21N/c1-5-8-9-11(12-4)10(6-2)7-3/h5,8-10,12H,6-7H2,1-4H3/b8-5-,11-9-. The first-order valence-electron chi connectivity index (χ1n) is 4.80. The van der Waals surface area contributed by atoms with Gasteiger partial charge in [0, 0.05) is 12.7 Å². The smallest absolute Gasteiger partial charge is 0.0135 e. The van der Waals surface area contributed by atoms with Crippen LogP contribution in [-0.2, 0) is 0 Å². The molecule has 0 atom stereocenters. The fraction of sp³-hybridized carbons (Fsp3) is 0.636. The maximum absolute atomic E-state index is 3.25. The van der Waals surface area contributed by atoms with Crippen molar-refractivity contribution in [2.75, 3.05) is 7.05 Å². The lowest BCUT2D eigenvalue weighted by atomic mass is 9.99. The van der Waals surface area contributed by atoms with Crippen LogP contribution in [-0.4, -0.2) is 7.05 Å². The second kappa shape index (κ2) is 6.96. The molecule has 0 radical (unpaired) electrons. The van der Waals surface area contributed by atoms with Gasteiger partial charge in [0.05, 0.1) is 0 Å². The molecule has 0 saturated heterocycles. The van der Waals surface area contributed by atoms with Crippen molar-refractivity contribution < 1.29 is 0 Å². The van der Waals surface area contributed by atoms with Crippen molar-refractivity contribution in [3.05, 3.63) is 23.9 Å². The van der Waals surface area contributed by atoms with Gasteiger partial charge < -0.3 is 5.32 Å². The molecule has 0 aliphatic heterocycles. The molecule has 1 N–H and O–H groups in total. The van der Waals surface area contributed by atoms with Gasteiger partial charge in [-0.15, -0.1) is 0 Å². The third kappa shape index (κ3) is 3.61. The SMILES string of the molecule is C/C=C\C=C(/NC)C(CC)CC. The Morgan fingerprint density at radius 2 is 1.92 bits per heavy atom. The molecular weight excluding hydrogens is 146 g/mol. The summed E-state index contributed by atoms with van der Waals surface area (Å²) in [5.74, 6) is 0.686. The first-order valence-corrected chi connectivity index (χ1v) is 4.80. The molecule has 70 valence electrons. The predicted molar refractivity (Wildman–Crippen MR) is 56.0 cm³/mol. The molecule has 0 rings (SSSR count). The number of rotatable bonds is 5. The second-order valence-electron chi connectivity index (χ2n) is 2.91. The Balaban J connectivity index is 4.29. The minimum absolute atomic E-state index is 0.686. The van der Waals surface area contributed by atoms with Gasteiger partial charge in [-0.1, -0.05) is 26.0 Å². The van der Waals surface area contributed by atoms with Crippen molar-refractivity contribution >= 4 is 0 Å². The highest BCUT2D eigenvalue weighted by atomic mass is 14.8. The summed E-state index contributed by atoms with van der Waals surface area (Å²) < 4.78 is 0. The normalized spacial score (nSPS) is 12.9. The summed E-state index contributed by atoms with van der Waals surface area (Å²) in [6.07, 6.45) is 8.73. The van der Waals surface area contributed by atoms with Gasteiger partial charge in [-0.25, -0.2) is 0 Å². The molecule has 0 bridgehead atoms. The highest BCUT2D eigenvalue weighted by Gasteiger charge is 2.06. The highest BCUT2D eigenvalue weighted by molar-refractivity contribution is 5.12. The fourth-order valence-corrected chi connectivity index (χ4v) is 1.35. The van der Waals surface area contributed by atoms with E-state index in [0.717, 1.165) is 0 Å². The zero-order valence-electron chi connectivity index (χ0n) is 8.72. The van der Waals surface area contributed by atoms with Gasteiger partial charge in [0.25, 0.3) is 0 Å². The molecular formula is C11H21N. The molecule has 0 unspecified atom stereocenters. The Morgan fingerprint density at radius 3 is 2.25 bits per heavy atom. The Labute approximate surface area is 76.6 Å². The van der Waals surface area contributed by atoms with E-state index in [-0.39, 0.29) is 0 Å². The van der Waals surface area contributed by atoms with E-state index in [1.807, 2.05) is 14.0 Å². The summed E-state index contributed by atoms with van der Waals surface area (Å²) in [6, 6.07) is 0. The Kier molecular flexibility index (Phi) is 6.54. The van der Waals surface area contributed by atoms with E-state index in [9.17, 15) is 0 Å². The van der Waals surface area contributed by atoms with E-state index in [1.165, 1.54) is 18.5 Å². The van der Waals surface area contributed by atoms with Crippen molar-refractivity contribution in [2.24, 2.45) is 5.92 Å². The topological polar surface area (TPSA) is 12.0 Å². The lowest BCUT2D eigenvalue weighted by Gasteiger charge is -2.15. The molecule has 0 fully saturated rings. The average Bonchev–Trinajstić information content (AvgIpc) is 2.12. The van der Waals surface area contributed by atoms with Crippen LogP contribution in [0, 0.1) is 5.92 Å². The number of nitrogens with one attached hydrogen (secondary N) is 1. The van der Waals surface area contributed by atoms with Crippen molar-refractivity contribution in [1.29, 1.82) is 0 Å². The molecule has 0 aromatic rings. The van der Waals surface area contributed by atoms with Crippen LogP contribution in [0.25, 0.3) is 0 Å². The minimum atomic E-state index is 0.686. The van der Waals surface area contributed by atoms with Crippen LogP contribution < -0.4 is 5.32 Å². The van der Waals surface area contributed by atoms with Gasteiger partial charge in [0.1, 0.15) is 0 Å². The van der Waals surface area contributed by atoms with Crippen LogP contribution in [0.1, 0.15) is 33.6 Å². The zero-order chi connectivity index (χ0) is 9.40. The summed E-state index contributed by atoms with van der Waals surface area (Å²) in [6.45, 7) is 6.50. The molecule has 0 aliphatic carbocycles. The number of hydrogen-bond acceptors (Lipinski definition) is 1. The Morgan fingerprint density at radius 1 is 1.33 bits per heavy atom. The van der Waals surface area contributed by atoms with Gasteiger partial charge in [-0.2, -0.15) is 0 Å². The van der Waals surface area contributed by atoms with Gasteiger partial charge in [0.2, 0.25) is 0 Å². The molecule has 0 saturated carbocycles. The van der Waals surface area contributed by atoms with E-state index >= 15 is 0 Å². The third-order valence-electron chi connectivity index (χ3n) is 2.18. The van der Waals surface area contributed by atoms with Gasteiger partial charge in [-0.3, -0.25) is 0 Å². The lowest BCUT2D eigenvalue weighted by molar-refractivity contribution is 0.541. The highest BCUT2D eigenvalue weighted by Crippen LogP contribution is 2.15. The number of hydrogen-bond donors (Lipinski definition) is 1. The van der Waals surface area contributed by atoms with Crippen LogP contribution in [0.2, 0.25) is 0 Å². The van der Waals surface area contributed by atoms with Crippen molar-refractivity contribution in [1.82, 2.24) is 5.32 Å². The molecule has 0 amide bonds. The zero-order valence-corrected chi connectivity index (χ0v) is 8.72. The van der Waals surface area contributed by atoms with E-state index < -0.39 is 0 Å². The lowest BCUT2D eigenvalue weighted by Crippen LogP contribution is -2.14. The molecule has 0 aromatic heterocycles. The fourth-order valence-electron chi connectivity index (χ4n) is 1.35. The van der Waals surface area contributed by atoms with Crippen LogP contribution in [0.3, 0.4) is 0 Å². The first-order chi connectivity index (χ1) is 5.79. The average molecular weight is 167 g/mol. The Bertz CT molecular complexity index is 152. The molecule has 0 heterocycles. The summed E-state index contributed by atoms with van der Waals surface area (Å²) >= 11 is 0. The number of allylic oxidation sites excluding steroid dienone is 4. The van der Waals surface area contributed by atoms with Gasteiger partial charge >= 0.3 is 0 Å². The largest absolute Gasteiger partial charge is 0.391 e. The summed E-state index contributed by atoms with van der Waals surface area (Å²) in [5, 5.41) is 3.25. The van der Waals surface area contributed by atoms with Crippen LogP contribution in [0.5, 0.6) is 0 Å².